The number of carbonyl (C=O) groups is 1. The molecule has 0 amide bonds. The summed E-state index contributed by atoms with van der Waals surface area (Å²) in [5.41, 5.74) is 2.21. The smallest absolute Gasteiger partial charge is 0.371 e. The monoisotopic (exact) mass is 313 g/mol. The quantitative estimate of drug-likeness (QED) is 0.779. The molecule has 0 spiro atoms. The molecule has 0 aliphatic carbocycles. The third kappa shape index (κ3) is 4.36. The summed E-state index contributed by atoms with van der Waals surface area (Å²) in [6.07, 6.45) is 1.22. The van der Waals surface area contributed by atoms with E-state index >= 15 is 0 Å². The number of furan rings is 1. The highest BCUT2D eigenvalue weighted by Crippen LogP contribution is 2.24. The Balaban J connectivity index is 1.87. The number of hydrogen-bond acceptors (Lipinski definition) is 4. The van der Waals surface area contributed by atoms with Crippen molar-refractivity contribution >= 4 is 5.97 Å². The molecule has 5 nitrogen and oxygen atoms in total. The van der Waals surface area contributed by atoms with Gasteiger partial charge in [0.05, 0.1) is 12.7 Å². The predicted octanol–water partition coefficient (Wildman–Crippen LogP) is 4.06. The topological polar surface area (TPSA) is 83.5 Å². The van der Waals surface area contributed by atoms with Gasteiger partial charge >= 0.3 is 5.97 Å². The number of benzene rings is 1. The van der Waals surface area contributed by atoms with Crippen LogP contribution < -0.4 is 4.74 Å². The number of rotatable bonds is 7. The summed E-state index contributed by atoms with van der Waals surface area (Å²) < 4.78 is 10.9. The van der Waals surface area contributed by atoms with Gasteiger partial charge in [-0.15, -0.1) is 0 Å². The van der Waals surface area contributed by atoms with E-state index in [0.717, 1.165) is 16.9 Å². The molecule has 0 aliphatic rings. The van der Waals surface area contributed by atoms with Gasteiger partial charge in [-0.05, 0) is 56.0 Å². The van der Waals surface area contributed by atoms with Crippen LogP contribution in [0.2, 0.25) is 0 Å². The zero-order valence-corrected chi connectivity index (χ0v) is 13.2. The zero-order valence-electron chi connectivity index (χ0n) is 13.2. The Hall–Kier alpha value is -2.74. The van der Waals surface area contributed by atoms with Crippen LogP contribution in [0.25, 0.3) is 0 Å². The van der Waals surface area contributed by atoms with Crippen LogP contribution >= 0.6 is 0 Å². The molecule has 0 saturated heterocycles. The van der Waals surface area contributed by atoms with E-state index < -0.39 is 11.9 Å². The standard InChI is InChI=1S/C18H19NO4/c1-12-5-6-13(2)17(10-12)22-9-3-4-14(11-19)15-7-8-16(23-15)18(20)21/h5-8,10,14H,3-4,9H2,1-2H3,(H,20,21). The molecule has 23 heavy (non-hydrogen) atoms. The molecular weight excluding hydrogens is 294 g/mol. The third-order valence-electron chi connectivity index (χ3n) is 3.58. The van der Waals surface area contributed by atoms with Crippen LogP contribution in [-0.2, 0) is 0 Å². The highest BCUT2D eigenvalue weighted by Gasteiger charge is 2.17. The Morgan fingerprint density at radius 1 is 1.35 bits per heavy atom. The van der Waals surface area contributed by atoms with Gasteiger partial charge in [0.25, 0.3) is 0 Å². The first kappa shape index (κ1) is 16.6. The molecule has 1 atom stereocenters. The molecule has 1 N–H and O–H groups in total. The maximum Gasteiger partial charge on any atom is 0.371 e. The van der Waals surface area contributed by atoms with E-state index in [2.05, 4.69) is 6.07 Å². The average molecular weight is 313 g/mol. The Labute approximate surface area is 135 Å². The molecule has 1 aromatic heterocycles. The number of carboxylic acid groups (broad SMARTS) is 1. The third-order valence-corrected chi connectivity index (χ3v) is 3.58. The van der Waals surface area contributed by atoms with Crippen LogP contribution in [0.4, 0.5) is 0 Å². The number of nitriles is 1. The van der Waals surface area contributed by atoms with E-state index in [1.807, 2.05) is 32.0 Å². The minimum absolute atomic E-state index is 0.146. The molecule has 0 fully saturated rings. The largest absolute Gasteiger partial charge is 0.493 e. The van der Waals surface area contributed by atoms with Gasteiger partial charge in [-0.1, -0.05) is 12.1 Å². The number of carboxylic acids is 1. The van der Waals surface area contributed by atoms with Crippen LogP contribution in [0.1, 0.15) is 46.2 Å². The van der Waals surface area contributed by atoms with Gasteiger partial charge in [0.15, 0.2) is 0 Å². The molecule has 1 unspecified atom stereocenters. The van der Waals surface area contributed by atoms with Crippen LogP contribution in [-0.4, -0.2) is 17.7 Å². The highest BCUT2D eigenvalue weighted by molar-refractivity contribution is 5.84. The fourth-order valence-electron chi connectivity index (χ4n) is 2.26. The first-order valence-electron chi connectivity index (χ1n) is 7.44. The number of hydrogen-bond donors (Lipinski definition) is 1. The Morgan fingerprint density at radius 3 is 2.78 bits per heavy atom. The van der Waals surface area contributed by atoms with Crippen molar-refractivity contribution in [2.75, 3.05) is 6.61 Å². The second-order valence-corrected chi connectivity index (χ2v) is 5.45. The van der Waals surface area contributed by atoms with Gasteiger partial charge in [0, 0.05) is 0 Å². The molecule has 5 heteroatoms. The summed E-state index contributed by atoms with van der Waals surface area (Å²) in [6, 6.07) is 11.1. The molecule has 1 heterocycles. The normalized spacial score (nSPS) is 11.7. The number of nitrogens with zero attached hydrogens (tertiary/aromatic N) is 1. The minimum atomic E-state index is -1.13. The lowest BCUT2D eigenvalue weighted by Crippen LogP contribution is -2.02. The second-order valence-electron chi connectivity index (χ2n) is 5.45. The number of aromatic carboxylic acids is 1. The van der Waals surface area contributed by atoms with Crippen molar-refractivity contribution in [1.29, 1.82) is 5.26 Å². The van der Waals surface area contributed by atoms with Crippen molar-refractivity contribution in [3.8, 4) is 11.8 Å². The van der Waals surface area contributed by atoms with Crippen molar-refractivity contribution in [3.05, 3.63) is 53.0 Å². The van der Waals surface area contributed by atoms with Gasteiger partial charge in [0.1, 0.15) is 17.4 Å². The molecular formula is C18H19NO4. The van der Waals surface area contributed by atoms with Gasteiger partial charge in [-0.3, -0.25) is 0 Å². The van der Waals surface area contributed by atoms with Crippen LogP contribution in [0, 0.1) is 25.2 Å². The van der Waals surface area contributed by atoms with Crippen molar-refractivity contribution in [3.63, 3.8) is 0 Å². The lowest BCUT2D eigenvalue weighted by atomic mass is 10.0. The second kappa shape index (κ2) is 7.50. The molecule has 2 rings (SSSR count). The summed E-state index contributed by atoms with van der Waals surface area (Å²) in [6.45, 7) is 4.49. The summed E-state index contributed by atoms with van der Waals surface area (Å²) in [7, 11) is 0. The maximum absolute atomic E-state index is 10.8. The molecule has 0 bridgehead atoms. The first-order chi connectivity index (χ1) is 11.0. The summed E-state index contributed by atoms with van der Waals surface area (Å²) in [5, 5.41) is 18.1. The van der Waals surface area contributed by atoms with Crippen LogP contribution in [0.15, 0.2) is 34.7 Å². The number of aryl methyl sites for hydroxylation is 2. The predicted molar refractivity (Wildman–Crippen MR) is 84.7 cm³/mol. The highest BCUT2D eigenvalue weighted by atomic mass is 16.5. The van der Waals surface area contributed by atoms with E-state index in [9.17, 15) is 10.1 Å². The fraction of sp³-hybridized carbons (Fsp3) is 0.333. The first-order valence-corrected chi connectivity index (χ1v) is 7.44. The van der Waals surface area contributed by atoms with E-state index in [-0.39, 0.29) is 5.76 Å². The van der Waals surface area contributed by atoms with Crippen LogP contribution in [0.5, 0.6) is 5.75 Å². The van der Waals surface area contributed by atoms with E-state index in [1.54, 1.807) is 6.07 Å². The van der Waals surface area contributed by atoms with Crippen molar-refractivity contribution in [2.45, 2.75) is 32.6 Å². The fourth-order valence-corrected chi connectivity index (χ4v) is 2.26. The molecule has 1 aromatic carbocycles. The summed E-state index contributed by atoms with van der Waals surface area (Å²) in [4.78, 5) is 10.8. The summed E-state index contributed by atoms with van der Waals surface area (Å²) in [5.74, 6) is -0.510. The van der Waals surface area contributed by atoms with Crippen molar-refractivity contribution < 1.29 is 19.1 Å². The molecule has 0 aliphatic heterocycles. The van der Waals surface area contributed by atoms with Crippen molar-refractivity contribution in [2.24, 2.45) is 0 Å². The van der Waals surface area contributed by atoms with Crippen molar-refractivity contribution in [1.82, 2.24) is 0 Å². The van der Waals surface area contributed by atoms with E-state index in [4.69, 9.17) is 14.3 Å². The summed E-state index contributed by atoms with van der Waals surface area (Å²) >= 11 is 0. The molecule has 120 valence electrons. The van der Waals surface area contributed by atoms with E-state index in [0.29, 0.717) is 25.2 Å². The SMILES string of the molecule is Cc1ccc(C)c(OCCCC(C#N)c2ccc(C(=O)O)o2)c1. The Morgan fingerprint density at radius 2 is 2.13 bits per heavy atom. The minimum Gasteiger partial charge on any atom is -0.493 e. The van der Waals surface area contributed by atoms with Crippen LogP contribution in [0.3, 0.4) is 0 Å². The molecule has 0 radical (unpaired) electrons. The zero-order chi connectivity index (χ0) is 16.8. The Kier molecular flexibility index (Phi) is 5.42. The lowest BCUT2D eigenvalue weighted by molar-refractivity contribution is 0.0660. The van der Waals surface area contributed by atoms with Gasteiger partial charge in [0.2, 0.25) is 5.76 Å². The number of ether oxygens (including phenoxy) is 1. The average Bonchev–Trinajstić information content (AvgIpc) is 3.00. The Bertz CT molecular complexity index is 727. The van der Waals surface area contributed by atoms with E-state index in [1.165, 1.54) is 6.07 Å². The maximum atomic E-state index is 10.8. The van der Waals surface area contributed by atoms with Gasteiger partial charge in [-0.25, -0.2) is 4.79 Å². The lowest BCUT2D eigenvalue weighted by Gasteiger charge is -2.11. The van der Waals surface area contributed by atoms with Gasteiger partial charge < -0.3 is 14.3 Å². The van der Waals surface area contributed by atoms with Gasteiger partial charge in [-0.2, -0.15) is 5.26 Å². The molecule has 2 aromatic rings. The molecule has 0 saturated carbocycles.